The van der Waals surface area contributed by atoms with Crippen molar-refractivity contribution < 1.29 is 9.59 Å². The van der Waals surface area contributed by atoms with E-state index >= 15 is 0 Å². The molecule has 9 nitrogen and oxygen atoms in total. The standard InChI is InChI=1S/C19H31N5O4/c1-3-5-12-24-17(20)16(18(27)21-19(24)28)23(4-2)15(26)13-22-11-9-7-6-8-10-14(22)25/h3-13,20H2,1-2H3,(H,21,27,28). The second-order valence-electron chi connectivity index (χ2n) is 7.12. The van der Waals surface area contributed by atoms with E-state index in [0.717, 1.165) is 38.5 Å². The summed E-state index contributed by atoms with van der Waals surface area (Å²) in [4.78, 5) is 54.9. The number of likely N-dealkylation sites (N-methyl/N-ethyl adjacent to an activating group) is 1. The molecule has 1 fully saturated rings. The lowest BCUT2D eigenvalue weighted by molar-refractivity contribution is -0.135. The zero-order valence-electron chi connectivity index (χ0n) is 16.8. The fourth-order valence-electron chi connectivity index (χ4n) is 3.47. The number of rotatable bonds is 7. The molecule has 0 saturated carbocycles. The van der Waals surface area contributed by atoms with Crippen molar-refractivity contribution in [3.05, 3.63) is 20.8 Å². The Morgan fingerprint density at radius 1 is 1.14 bits per heavy atom. The molecule has 0 atom stereocenters. The van der Waals surface area contributed by atoms with Gasteiger partial charge in [0.25, 0.3) is 5.56 Å². The number of H-pyrrole nitrogens is 1. The number of aromatic nitrogens is 2. The Hall–Kier alpha value is -2.58. The third kappa shape index (κ3) is 5.02. The molecule has 1 saturated heterocycles. The number of hydrogen-bond acceptors (Lipinski definition) is 5. The first kappa shape index (κ1) is 21.7. The summed E-state index contributed by atoms with van der Waals surface area (Å²) in [6, 6.07) is 0. The molecule has 3 N–H and O–H groups in total. The van der Waals surface area contributed by atoms with E-state index in [4.69, 9.17) is 5.73 Å². The summed E-state index contributed by atoms with van der Waals surface area (Å²) in [5.41, 5.74) is 4.82. The third-order valence-electron chi connectivity index (χ3n) is 5.08. The largest absolute Gasteiger partial charge is 0.383 e. The minimum absolute atomic E-state index is 0.0172. The van der Waals surface area contributed by atoms with Gasteiger partial charge in [-0.15, -0.1) is 0 Å². The molecule has 1 aliphatic heterocycles. The Morgan fingerprint density at radius 2 is 1.86 bits per heavy atom. The topological polar surface area (TPSA) is 121 Å². The number of carbonyl (C=O) groups excluding carboxylic acids is 2. The zero-order valence-corrected chi connectivity index (χ0v) is 16.8. The third-order valence-corrected chi connectivity index (χ3v) is 5.08. The number of anilines is 2. The lowest BCUT2D eigenvalue weighted by Gasteiger charge is -2.28. The Bertz CT molecular complexity index is 814. The number of amides is 2. The highest BCUT2D eigenvalue weighted by atomic mass is 16.2. The first-order chi connectivity index (χ1) is 13.4. The Labute approximate surface area is 164 Å². The monoisotopic (exact) mass is 393 g/mol. The number of nitrogens with two attached hydrogens (primary N) is 1. The van der Waals surface area contributed by atoms with E-state index in [1.54, 1.807) is 11.8 Å². The fourth-order valence-corrected chi connectivity index (χ4v) is 3.47. The van der Waals surface area contributed by atoms with Crippen LogP contribution in [0.1, 0.15) is 58.8 Å². The van der Waals surface area contributed by atoms with E-state index in [2.05, 4.69) is 4.98 Å². The smallest absolute Gasteiger partial charge is 0.330 e. The van der Waals surface area contributed by atoms with Gasteiger partial charge in [0, 0.05) is 26.1 Å². The summed E-state index contributed by atoms with van der Waals surface area (Å²) < 4.78 is 1.29. The molecule has 0 unspecified atom stereocenters. The molecule has 2 heterocycles. The number of carbonyl (C=O) groups is 2. The van der Waals surface area contributed by atoms with Crippen LogP contribution in [0.5, 0.6) is 0 Å². The van der Waals surface area contributed by atoms with Crippen molar-refractivity contribution >= 4 is 23.3 Å². The molecule has 1 aliphatic rings. The molecule has 2 amide bonds. The highest BCUT2D eigenvalue weighted by Gasteiger charge is 2.26. The molecule has 0 radical (unpaired) electrons. The van der Waals surface area contributed by atoms with Crippen LogP contribution in [-0.2, 0) is 16.1 Å². The fraction of sp³-hybridized carbons (Fsp3) is 0.684. The molecule has 0 aromatic carbocycles. The molecule has 1 aromatic heterocycles. The average molecular weight is 393 g/mol. The summed E-state index contributed by atoms with van der Waals surface area (Å²) in [6.07, 6.45) is 5.76. The molecular formula is C19H31N5O4. The second-order valence-corrected chi connectivity index (χ2v) is 7.12. The van der Waals surface area contributed by atoms with Gasteiger partial charge in [-0.3, -0.25) is 23.9 Å². The number of nitrogens with one attached hydrogen (secondary N) is 1. The van der Waals surface area contributed by atoms with Crippen LogP contribution in [0.4, 0.5) is 11.5 Å². The summed E-state index contributed by atoms with van der Waals surface area (Å²) >= 11 is 0. The molecule has 0 spiro atoms. The number of likely N-dealkylation sites (tertiary alicyclic amines) is 1. The van der Waals surface area contributed by atoms with Crippen LogP contribution in [0.3, 0.4) is 0 Å². The maximum absolute atomic E-state index is 12.9. The van der Waals surface area contributed by atoms with Gasteiger partial charge in [-0.1, -0.05) is 26.2 Å². The van der Waals surface area contributed by atoms with E-state index in [1.165, 1.54) is 9.47 Å². The van der Waals surface area contributed by atoms with Crippen LogP contribution in [0.25, 0.3) is 0 Å². The Morgan fingerprint density at radius 3 is 2.54 bits per heavy atom. The van der Waals surface area contributed by atoms with Crippen LogP contribution in [0, 0.1) is 0 Å². The first-order valence-electron chi connectivity index (χ1n) is 10.1. The van der Waals surface area contributed by atoms with Gasteiger partial charge in [0.2, 0.25) is 11.8 Å². The lowest BCUT2D eigenvalue weighted by atomic mass is 10.1. The van der Waals surface area contributed by atoms with Crippen molar-refractivity contribution in [2.45, 2.75) is 65.3 Å². The van der Waals surface area contributed by atoms with Gasteiger partial charge >= 0.3 is 5.69 Å². The normalized spacial score (nSPS) is 15.2. The summed E-state index contributed by atoms with van der Waals surface area (Å²) in [5, 5.41) is 0. The van der Waals surface area contributed by atoms with Gasteiger partial charge in [-0.25, -0.2) is 4.79 Å². The zero-order chi connectivity index (χ0) is 20.7. The molecule has 1 aromatic rings. The highest BCUT2D eigenvalue weighted by Crippen LogP contribution is 2.18. The van der Waals surface area contributed by atoms with Crippen LogP contribution in [0.15, 0.2) is 9.59 Å². The summed E-state index contributed by atoms with van der Waals surface area (Å²) in [5.74, 6) is -0.440. The van der Waals surface area contributed by atoms with Crippen molar-refractivity contribution in [2.24, 2.45) is 0 Å². The van der Waals surface area contributed by atoms with Crippen molar-refractivity contribution in [3.63, 3.8) is 0 Å². The number of hydrogen-bond donors (Lipinski definition) is 2. The minimum atomic E-state index is -0.690. The summed E-state index contributed by atoms with van der Waals surface area (Å²) in [7, 11) is 0. The lowest BCUT2D eigenvalue weighted by Crippen LogP contribution is -2.46. The van der Waals surface area contributed by atoms with Crippen molar-refractivity contribution in [3.8, 4) is 0 Å². The molecule has 9 heteroatoms. The predicted octanol–water partition coefficient (Wildman–Crippen LogP) is 1.06. The number of aromatic amines is 1. The predicted molar refractivity (Wildman–Crippen MR) is 108 cm³/mol. The Balaban J connectivity index is 2.30. The van der Waals surface area contributed by atoms with Crippen LogP contribution in [-0.4, -0.2) is 45.9 Å². The molecule has 0 aliphatic carbocycles. The van der Waals surface area contributed by atoms with Gasteiger partial charge in [0.05, 0.1) is 0 Å². The first-order valence-corrected chi connectivity index (χ1v) is 10.1. The molecule has 156 valence electrons. The van der Waals surface area contributed by atoms with E-state index in [0.29, 0.717) is 19.5 Å². The number of nitrogens with zero attached hydrogens (tertiary/aromatic N) is 3. The molecular weight excluding hydrogens is 362 g/mol. The molecule has 2 rings (SSSR count). The van der Waals surface area contributed by atoms with Crippen LogP contribution >= 0.6 is 0 Å². The maximum Gasteiger partial charge on any atom is 0.330 e. The molecule has 28 heavy (non-hydrogen) atoms. The number of unbranched alkanes of at least 4 members (excludes halogenated alkanes) is 1. The van der Waals surface area contributed by atoms with E-state index < -0.39 is 11.2 Å². The van der Waals surface area contributed by atoms with Gasteiger partial charge in [-0.05, 0) is 26.2 Å². The van der Waals surface area contributed by atoms with Crippen LogP contribution < -0.4 is 21.9 Å². The Kier molecular flexibility index (Phi) is 7.83. The molecule has 0 bridgehead atoms. The van der Waals surface area contributed by atoms with Crippen molar-refractivity contribution in [2.75, 3.05) is 30.3 Å². The van der Waals surface area contributed by atoms with E-state index in [1.807, 2.05) is 6.92 Å². The van der Waals surface area contributed by atoms with E-state index in [-0.39, 0.29) is 36.4 Å². The highest BCUT2D eigenvalue weighted by molar-refractivity contribution is 5.98. The van der Waals surface area contributed by atoms with Gasteiger partial charge < -0.3 is 15.5 Å². The van der Waals surface area contributed by atoms with Gasteiger partial charge in [-0.2, -0.15) is 0 Å². The van der Waals surface area contributed by atoms with Crippen molar-refractivity contribution in [1.82, 2.24) is 14.5 Å². The number of nitrogen functional groups attached to an aromatic ring is 1. The van der Waals surface area contributed by atoms with Crippen molar-refractivity contribution in [1.29, 1.82) is 0 Å². The van der Waals surface area contributed by atoms with Gasteiger partial charge in [0.1, 0.15) is 12.4 Å². The maximum atomic E-state index is 12.9. The second kappa shape index (κ2) is 10.1. The summed E-state index contributed by atoms with van der Waals surface area (Å²) in [6.45, 7) is 4.72. The SMILES string of the molecule is CCCCn1c(N)c(N(CC)C(=O)CN2CCCCCCC2=O)c(=O)[nH]c1=O. The average Bonchev–Trinajstić information content (AvgIpc) is 2.64. The van der Waals surface area contributed by atoms with Crippen LogP contribution in [0.2, 0.25) is 0 Å². The quantitative estimate of drug-likeness (QED) is 0.717. The van der Waals surface area contributed by atoms with Gasteiger partial charge in [0.15, 0.2) is 5.69 Å². The van der Waals surface area contributed by atoms with E-state index in [9.17, 15) is 19.2 Å². The minimum Gasteiger partial charge on any atom is -0.383 e.